The molecule has 104 valence electrons. The van der Waals surface area contributed by atoms with E-state index in [1.54, 1.807) is 14.0 Å². The van der Waals surface area contributed by atoms with E-state index in [0.717, 1.165) is 11.3 Å². The highest BCUT2D eigenvalue weighted by molar-refractivity contribution is 5.82. The fraction of sp³-hybridized carbons (Fsp3) is 0.429. The smallest absolute Gasteiger partial charge is 0.304 e. The van der Waals surface area contributed by atoms with E-state index in [4.69, 9.17) is 9.84 Å². The number of aliphatic carboxylic acids is 1. The average molecular weight is 265 g/mol. The summed E-state index contributed by atoms with van der Waals surface area (Å²) in [5.74, 6) is -0.924. The summed E-state index contributed by atoms with van der Waals surface area (Å²) in [6.07, 6.45) is 0.535. The molecule has 5 heteroatoms. The minimum atomic E-state index is -0.963. The molecule has 1 aromatic carbocycles. The van der Waals surface area contributed by atoms with Gasteiger partial charge in [-0.1, -0.05) is 19.1 Å². The number of carbonyl (C=O) groups excluding carboxylic acids is 1. The van der Waals surface area contributed by atoms with Crippen molar-refractivity contribution in [2.24, 2.45) is 5.92 Å². The number of ether oxygens (including phenoxy) is 1. The zero-order chi connectivity index (χ0) is 14.3. The Morgan fingerprint density at radius 1 is 1.42 bits per heavy atom. The summed E-state index contributed by atoms with van der Waals surface area (Å²) in [4.78, 5) is 22.1. The van der Waals surface area contributed by atoms with Gasteiger partial charge in [0.2, 0.25) is 5.91 Å². The van der Waals surface area contributed by atoms with Gasteiger partial charge < -0.3 is 15.2 Å². The van der Waals surface area contributed by atoms with Crippen LogP contribution in [0.1, 0.15) is 18.9 Å². The van der Waals surface area contributed by atoms with Crippen molar-refractivity contribution in [3.05, 3.63) is 29.8 Å². The van der Waals surface area contributed by atoms with Gasteiger partial charge in [0.25, 0.3) is 0 Å². The highest BCUT2D eigenvalue weighted by atomic mass is 16.5. The van der Waals surface area contributed by atoms with Crippen LogP contribution in [0, 0.1) is 5.92 Å². The Hall–Kier alpha value is -2.04. The van der Waals surface area contributed by atoms with Gasteiger partial charge in [-0.25, -0.2) is 0 Å². The Balaban J connectivity index is 2.37. The molecule has 19 heavy (non-hydrogen) atoms. The number of carbonyl (C=O) groups is 2. The number of hydrogen-bond donors (Lipinski definition) is 2. The first kappa shape index (κ1) is 15.0. The van der Waals surface area contributed by atoms with Crippen molar-refractivity contribution in [1.82, 2.24) is 5.32 Å². The number of benzene rings is 1. The van der Waals surface area contributed by atoms with Crippen LogP contribution in [-0.2, 0) is 16.0 Å². The quantitative estimate of drug-likeness (QED) is 0.782. The lowest BCUT2D eigenvalue weighted by Gasteiger charge is -2.10. The molecule has 0 bridgehead atoms. The highest BCUT2D eigenvalue weighted by Crippen LogP contribution is 2.12. The molecule has 0 spiro atoms. The van der Waals surface area contributed by atoms with Gasteiger partial charge in [-0.05, 0) is 24.1 Å². The van der Waals surface area contributed by atoms with Gasteiger partial charge in [-0.15, -0.1) is 0 Å². The number of nitrogens with one attached hydrogen (secondary N) is 1. The van der Waals surface area contributed by atoms with E-state index in [2.05, 4.69) is 5.32 Å². The van der Waals surface area contributed by atoms with Crippen molar-refractivity contribution in [2.45, 2.75) is 19.8 Å². The lowest BCUT2D eigenvalue weighted by molar-refractivity contribution is -0.140. The molecular formula is C14H19NO4. The van der Waals surface area contributed by atoms with Crippen LogP contribution in [0.25, 0.3) is 0 Å². The lowest BCUT2D eigenvalue weighted by Crippen LogP contribution is -2.32. The lowest BCUT2D eigenvalue weighted by atomic mass is 10.1. The van der Waals surface area contributed by atoms with Crippen molar-refractivity contribution in [3.8, 4) is 5.75 Å². The van der Waals surface area contributed by atoms with Crippen LogP contribution in [0.2, 0.25) is 0 Å². The topological polar surface area (TPSA) is 75.6 Å². The number of carboxylic acids is 1. The van der Waals surface area contributed by atoms with Gasteiger partial charge in [0.1, 0.15) is 5.75 Å². The number of methoxy groups -OCH3 is 1. The van der Waals surface area contributed by atoms with E-state index in [-0.39, 0.29) is 12.3 Å². The summed E-state index contributed by atoms with van der Waals surface area (Å²) >= 11 is 0. The molecular weight excluding hydrogens is 246 g/mol. The summed E-state index contributed by atoms with van der Waals surface area (Å²) in [6, 6.07) is 7.61. The second-order valence-corrected chi connectivity index (χ2v) is 4.39. The minimum Gasteiger partial charge on any atom is -0.497 e. The maximum atomic E-state index is 11.6. The molecule has 0 aromatic heterocycles. The molecule has 1 aromatic rings. The van der Waals surface area contributed by atoms with Crippen LogP contribution < -0.4 is 10.1 Å². The molecule has 0 saturated heterocycles. The van der Waals surface area contributed by atoms with Crippen molar-refractivity contribution in [2.75, 3.05) is 13.7 Å². The van der Waals surface area contributed by atoms with E-state index in [0.29, 0.717) is 13.0 Å². The largest absolute Gasteiger partial charge is 0.497 e. The van der Waals surface area contributed by atoms with Crippen LogP contribution in [0.5, 0.6) is 5.75 Å². The maximum Gasteiger partial charge on any atom is 0.304 e. The van der Waals surface area contributed by atoms with Crippen molar-refractivity contribution >= 4 is 11.9 Å². The first-order chi connectivity index (χ1) is 9.02. The SMILES string of the molecule is COc1cccc(CCNC(=O)C(C)CC(=O)O)c1. The third kappa shape index (κ3) is 5.42. The molecule has 1 atom stereocenters. The average Bonchev–Trinajstić information content (AvgIpc) is 2.38. The normalized spacial score (nSPS) is 11.7. The molecule has 0 aliphatic rings. The van der Waals surface area contributed by atoms with Crippen LogP contribution in [0.4, 0.5) is 0 Å². The van der Waals surface area contributed by atoms with E-state index in [9.17, 15) is 9.59 Å². The van der Waals surface area contributed by atoms with E-state index in [1.807, 2.05) is 24.3 Å². The molecule has 0 saturated carbocycles. The Morgan fingerprint density at radius 2 is 2.16 bits per heavy atom. The van der Waals surface area contributed by atoms with E-state index < -0.39 is 11.9 Å². The number of hydrogen-bond acceptors (Lipinski definition) is 3. The van der Waals surface area contributed by atoms with Gasteiger partial charge in [0.15, 0.2) is 0 Å². The van der Waals surface area contributed by atoms with Gasteiger partial charge in [0, 0.05) is 12.5 Å². The van der Waals surface area contributed by atoms with Gasteiger partial charge >= 0.3 is 5.97 Å². The molecule has 0 heterocycles. The standard InChI is InChI=1S/C14H19NO4/c1-10(8-13(16)17)14(18)15-7-6-11-4-3-5-12(9-11)19-2/h3-5,9-10H,6-8H2,1-2H3,(H,15,18)(H,16,17). The predicted octanol–water partition coefficient (Wildman–Crippen LogP) is 1.46. The van der Waals surface area contributed by atoms with E-state index in [1.165, 1.54) is 0 Å². The molecule has 0 aliphatic heterocycles. The predicted molar refractivity (Wildman–Crippen MR) is 71.1 cm³/mol. The second-order valence-electron chi connectivity index (χ2n) is 4.39. The summed E-state index contributed by atoms with van der Waals surface area (Å²) in [7, 11) is 1.61. The summed E-state index contributed by atoms with van der Waals surface area (Å²) < 4.78 is 5.11. The maximum absolute atomic E-state index is 11.6. The highest BCUT2D eigenvalue weighted by Gasteiger charge is 2.15. The van der Waals surface area contributed by atoms with Gasteiger partial charge in [-0.3, -0.25) is 9.59 Å². The van der Waals surface area contributed by atoms with Gasteiger partial charge in [0.05, 0.1) is 13.5 Å². The molecule has 2 N–H and O–H groups in total. The fourth-order valence-corrected chi connectivity index (χ4v) is 1.69. The number of rotatable bonds is 7. The Morgan fingerprint density at radius 3 is 2.79 bits per heavy atom. The zero-order valence-corrected chi connectivity index (χ0v) is 11.2. The Kier molecular flexibility index (Phi) is 5.85. The molecule has 1 rings (SSSR count). The Labute approximate surface area is 112 Å². The molecule has 0 fully saturated rings. The monoisotopic (exact) mass is 265 g/mol. The summed E-state index contributed by atoms with van der Waals surface area (Å²) in [5, 5.41) is 11.3. The fourth-order valence-electron chi connectivity index (χ4n) is 1.69. The number of carboxylic acid groups (broad SMARTS) is 1. The summed E-state index contributed by atoms with van der Waals surface area (Å²) in [5.41, 5.74) is 1.06. The van der Waals surface area contributed by atoms with Crippen LogP contribution in [-0.4, -0.2) is 30.6 Å². The molecule has 1 amide bonds. The third-order valence-corrected chi connectivity index (χ3v) is 2.78. The van der Waals surface area contributed by atoms with E-state index >= 15 is 0 Å². The molecule has 5 nitrogen and oxygen atoms in total. The molecule has 0 aliphatic carbocycles. The molecule has 0 radical (unpaired) electrons. The number of amides is 1. The molecule has 1 unspecified atom stereocenters. The third-order valence-electron chi connectivity index (χ3n) is 2.78. The van der Waals surface area contributed by atoms with Crippen LogP contribution in [0.15, 0.2) is 24.3 Å². The zero-order valence-electron chi connectivity index (χ0n) is 11.2. The van der Waals surface area contributed by atoms with Gasteiger partial charge in [-0.2, -0.15) is 0 Å². The van der Waals surface area contributed by atoms with Crippen LogP contribution in [0.3, 0.4) is 0 Å². The second kappa shape index (κ2) is 7.41. The Bertz CT molecular complexity index is 445. The first-order valence-corrected chi connectivity index (χ1v) is 6.15. The minimum absolute atomic E-state index is 0.148. The van der Waals surface area contributed by atoms with Crippen molar-refractivity contribution in [1.29, 1.82) is 0 Å². The van der Waals surface area contributed by atoms with Crippen LogP contribution >= 0.6 is 0 Å². The van der Waals surface area contributed by atoms with Crippen molar-refractivity contribution < 1.29 is 19.4 Å². The first-order valence-electron chi connectivity index (χ1n) is 6.15. The summed E-state index contributed by atoms with van der Waals surface area (Å²) in [6.45, 7) is 2.09. The van der Waals surface area contributed by atoms with Crippen molar-refractivity contribution in [3.63, 3.8) is 0 Å².